The fourth-order valence-electron chi connectivity index (χ4n) is 2.49. The maximum atomic E-state index is 5.85. The standard InChI is InChI=1S/C18H25N5/c1-5-10-23(4)11-9-13(2)22-18-16-8-6-7-15(14(3)19)17(16)20-12-21-18/h5-8,12-13H,1,3,9-11,19H2,2,4H3,(H,20,21,22). The van der Waals surface area contributed by atoms with E-state index in [1.807, 2.05) is 24.3 Å². The van der Waals surface area contributed by atoms with Crippen molar-refractivity contribution in [2.75, 3.05) is 25.5 Å². The lowest BCUT2D eigenvalue weighted by Crippen LogP contribution is -2.26. The fraction of sp³-hybridized carbons (Fsp3) is 0.333. The topological polar surface area (TPSA) is 67.1 Å². The van der Waals surface area contributed by atoms with Gasteiger partial charge in [0.05, 0.1) is 5.52 Å². The van der Waals surface area contributed by atoms with Crippen LogP contribution in [0.15, 0.2) is 43.8 Å². The molecule has 0 spiro atoms. The smallest absolute Gasteiger partial charge is 0.137 e. The van der Waals surface area contributed by atoms with Crippen molar-refractivity contribution in [2.45, 2.75) is 19.4 Å². The average Bonchev–Trinajstić information content (AvgIpc) is 2.53. The number of fused-ring (bicyclic) bond motifs is 1. The highest BCUT2D eigenvalue weighted by Crippen LogP contribution is 2.25. The van der Waals surface area contributed by atoms with E-state index in [4.69, 9.17) is 5.73 Å². The first-order valence-corrected chi connectivity index (χ1v) is 7.77. The molecule has 2 aromatic rings. The Bertz CT molecular complexity index is 695. The summed E-state index contributed by atoms with van der Waals surface area (Å²) < 4.78 is 0. The van der Waals surface area contributed by atoms with Crippen molar-refractivity contribution < 1.29 is 0 Å². The molecular formula is C18H25N5. The monoisotopic (exact) mass is 311 g/mol. The van der Waals surface area contributed by atoms with Crippen molar-refractivity contribution in [2.24, 2.45) is 5.73 Å². The van der Waals surface area contributed by atoms with Gasteiger partial charge in [0.15, 0.2) is 0 Å². The van der Waals surface area contributed by atoms with Crippen LogP contribution in [0, 0.1) is 0 Å². The molecule has 0 bridgehead atoms. The van der Waals surface area contributed by atoms with E-state index in [2.05, 4.69) is 47.3 Å². The molecule has 5 nitrogen and oxygen atoms in total. The van der Waals surface area contributed by atoms with E-state index in [1.54, 1.807) is 6.33 Å². The van der Waals surface area contributed by atoms with Crippen LogP contribution in [0.25, 0.3) is 16.6 Å². The Balaban J connectivity index is 2.15. The second-order valence-electron chi connectivity index (χ2n) is 5.83. The van der Waals surface area contributed by atoms with Crippen LogP contribution >= 0.6 is 0 Å². The molecule has 1 aromatic carbocycles. The van der Waals surface area contributed by atoms with Gasteiger partial charge >= 0.3 is 0 Å². The predicted octanol–water partition coefficient (Wildman–Crippen LogP) is 2.87. The Kier molecular flexibility index (Phi) is 5.71. The second kappa shape index (κ2) is 7.74. The van der Waals surface area contributed by atoms with E-state index in [1.165, 1.54) is 0 Å². The molecule has 0 aliphatic rings. The van der Waals surface area contributed by atoms with Crippen LogP contribution < -0.4 is 11.1 Å². The molecule has 2 rings (SSSR count). The third-order valence-electron chi connectivity index (χ3n) is 3.78. The van der Waals surface area contributed by atoms with Crippen LogP contribution in [0.2, 0.25) is 0 Å². The Morgan fingerprint density at radius 2 is 2.22 bits per heavy atom. The van der Waals surface area contributed by atoms with E-state index >= 15 is 0 Å². The van der Waals surface area contributed by atoms with Crippen LogP contribution in [-0.2, 0) is 0 Å². The first-order chi connectivity index (χ1) is 11.0. The number of aromatic nitrogens is 2. The Labute approximate surface area is 137 Å². The SMILES string of the molecule is C=CCN(C)CCC(C)Nc1ncnc2c(C(=C)N)cccc12. The molecule has 0 aliphatic carbocycles. The number of para-hydroxylation sites is 1. The van der Waals surface area contributed by atoms with Gasteiger partial charge in [-0.3, -0.25) is 0 Å². The molecule has 1 heterocycles. The van der Waals surface area contributed by atoms with Gasteiger partial charge in [-0.25, -0.2) is 9.97 Å². The zero-order valence-electron chi connectivity index (χ0n) is 13.9. The maximum Gasteiger partial charge on any atom is 0.137 e. The summed E-state index contributed by atoms with van der Waals surface area (Å²) in [7, 11) is 2.09. The summed E-state index contributed by atoms with van der Waals surface area (Å²) in [5.74, 6) is 0.831. The Morgan fingerprint density at radius 3 is 2.91 bits per heavy atom. The van der Waals surface area contributed by atoms with Crippen molar-refractivity contribution in [1.82, 2.24) is 14.9 Å². The van der Waals surface area contributed by atoms with Gasteiger partial charge in [-0.1, -0.05) is 24.8 Å². The molecule has 0 saturated heterocycles. The van der Waals surface area contributed by atoms with Gasteiger partial charge in [-0.15, -0.1) is 6.58 Å². The molecular weight excluding hydrogens is 286 g/mol. The molecule has 0 fully saturated rings. The van der Waals surface area contributed by atoms with Crippen LogP contribution in [-0.4, -0.2) is 41.0 Å². The molecule has 0 aliphatic heterocycles. The number of nitrogens with one attached hydrogen (secondary N) is 1. The second-order valence-corrected chi connectivity index (χ2v) is 5.83. The van der Waals surface area contributed by atoms with Gasteiger partial charge in [-0.05, 0) is 26.5 Å². The highest BCUT2D eigenvalue weighted by Gasteiger charge is 2.11. The summed E-state index contributed by atoms with van der Waals surface area (Å²) in [5, 5.41) is 4.44. The van der Waals surface area contributed by atoms with Crippen molar-refractivity contribution in [3.8, 4) is 0 Å². The minimum Gasteiger partial charge on any atom is -0.399 e. The Hall–Kier alpha value is -2.40. The number of anilines is 1. The number of hydrogen-bond donors (Lipinski definition) is 2. The summed E-state index contributed by atoms with van der Waals surface area (Å²) in [5.41, 5.74) is 8.05. The van der Waals surface area contributed by atoms with E-state index in [0.29, 0.717) is 11.7 Å². The van der Waals surface area contributed by atoms with Gasteiger partial charge in [0.2, 0.25) is 0 Å². The summed E-state index contributed by atoms with van der Waals surface area (Å²) >= 11 is 0. The van der Waals surface area contributed by atoms with Gasteiger partial charge in [0.1, 0.15) is 12.1 Å². The van der Waals surface area contributed by atoms with Crippen LogP contribution in [0.5, 0.6) is 0 Å². The van der Waals surface area contributed by atoms with Crippen molar-refractivity contribution >= 4 is 22.4 Å². The minimum absolute atomic E-state index is 0.296. The van der Waals surface area contributed by atoms with Crippen molar-refractivity contribution in [1.29, 1.82) is 0 Å². The maximum absolute atomic E-state index is 5.85. The summed E-state index contributed by atoms with van der Waals surface area (Å²) in [6.07, 6.45) is 4.49. The zero-order chi connectivity index (χ0) is 16.8. The first kappa shape index (κ1) is 17.0. The number of rotatable bonds is 8. The van der Waals surface area contributed by atoms with Gasteiger partial charge in [-0.2, -0.15) is 0 Å². The molecule has 1 unspecified atom stereocenters. The number of nitrogens with zero attached hydrogens (tertiary/aromatic N) is 3. The van der Waals surface area contributed by atoms with E-state index in [0.717, 1.165) is 41.8 Å². The molecule has 0 radical (unpaired) electrons. The molecule has 0 amide bonds. The highest BCUT2D eigenvalue weighted by molar-refractivity contribution is 5.95. The highest BCUT2D eigenvalue weighted by atomic mass is 15.1. The number of likely N-dealkylation sites (N-methyl/N-ethyl adjacent to an activating group) is 1. The molecule has 5 heteroatoms. The lowest BCUT2D eigenvalue weighted by atomic mass is 10.1. The van der Waals surface area contributed by atoms with Gasteiger partial charge < -0.3 is 16.0 Å². The lowest BCUT2D eigenvalue weighted by Gasteiger charge is -2.20. The average molecular weight is 311 g/mol. The van der Waals surface area contributed by atoms with E-state index in [-0.39, 0.29) is 0 Å². The summed E-state index contributed by atoms with van der Waals surface area (Å²) in [6, 6.07) is 6.17. The van der Waals surface area contributed by atoms with Gasteiger partial charge in [0, 0.05) is 35.8 Å². The third-order valence-corrected chi connectivity index (χ3v) is 3.78. The zero-order valence-corrected chi connectivity index (χ0v) is 13.9. The number of hydrogen-bond acceptors (Lipinski definition) is 5. The molecule has 0 saturated carbocycles. The summed E-state index contributed by atoms with van der Waals surface area (Å²) in [6.45, 7) is 11.6. The van der Waals surface area contributed by atoms with Gasteiger partial charge in [0.25, 0.3) is 0 Å². The van der Waals surface area contributed by atoms with Crippen LogP contribution in [0.3, 0.4) is 0 Å². The molecule has 122 valence electrons. The first-order valence-electron chi connectivity index (χ1n) is 7.77. The lowest BCUT2D eigenvalue weighted by molar-refractivity contribution is 0.356. The van der Waals surface area contributed by atoms with E-state index < -0.39 is 0 Å². The third kappa shape index (κ3) is 4.29. The minimum atomic E-state index is 0.296. The van der Waals surface area contributed by atoms with Crippen molar-refractivity contribution in [3.63, 3.8) is 0 Å². The number of nitrogens with two attached hydrogens (primary N) is 1. The van der Waals surface area contributed by atoms with Crippen molar-refractivity contribution in [3.05, 3.63) is 49.3 Å². The Morgan fingerprint density at radius 1 is 1.43 bits per heavy atom. The van der Waals surface area contributed by atoms with Crippen LogP contribution in [0.1, 0.15) is 18.9 Å². The predicted molar refractivity (Wildman–Crippen MR) is 98.2 cm³/mol. The largest absolute Gasteiger partial charge is 0.399 e. The van der Waals surface area contributed by atoms with E-state index in [9.17, 15) is 0 Å². The quantitative estimate of drug-likeness (QED) is 0.734. The molecule has 1 atom stereocenters. The molecule has 1 aromatic heterocycles. The molecule has 3 N–H and O–H groups in total. The fourth-order valence-corrected chi connectivity index (χ4v) is 2.49. The number of benzene rings is 1. The molecule has 23 heavy (non-hydrogen) atoms. The summed E-state index contributed by atoms with van der Waals surface area (Å²) in [4.78, 5) is 11.0. The normalized spacial score (nSPS) is 12.3. The van der Waals surface area contributed by atoms with Crippen LogP contribution in [0.4, 0.5) is 5.82 Å².